The fourth-order valence-electron chi connectivity index (χ4n) is 1.44. The van der Waals surface area contributed by atoms with Crippen LogP contribution in [0.4, 0.5) is 0 Å². The third-order valence-corrected chi connectivity index (χ3v) is 9.49. The van der Waals surface area contributed by atoms with Crippen LogP contribution >= 0.6 is 0 Å². The molecule has 0 aliphatic rings. The molecule has 0 heterocycles. The van der Waals surface area contributed by atoms with Crippen LogP contribution in [0.2, 0.25) is 25.2 Å². The van der Waals surface area contributed by atoms with E-state index in [2.05, 4.69) is 17.7 Å². The Hall–Kier alpha value is 0.274. The van der Waals surface area contributed by atoms with Gasteiger partial charge in [-0.15, -0.1) is 0 Å². The molecule has 15 heavy (non-hydrogen) atoms. The molecule has 0 aromatic rings. The maximum absolute atomic E-state index is 5.60. The molecule has 0 fully saturated rings. The van der Waals surface area contributed by atoms with Crippen molar-refractivity contribution in [3.05, 3.63) is 0 Å². The summed E-state index contributed by atoms with van der Waals surface area (Å²) in [4.78, 5) is 0. The van der Waals surface area contributed by atoms with E-state index in [9.17, 15) is 0 Å². The van der Waals surface area contributed by atoms with Crippen molar-refractivity contribution in [3.8, 4) is 0 Å². The fourth-order valence-corrected chi connectivity index (χ4v) is 7.07. The zero-order chi connectivity index (χ0) is 12.1. The molecule has 0 N–H and O–H groups in total. The molecule has 0 aliphatic heterocycles. The first kappa shape index (κ1) is 15.3. The van der Waals surface area contributed by atoms with Crippen LogP contribution in [0.5, 0.6) is 0 Å². The summed E-state index contributed by atoms with van der Waals surface area (Å²) in [5.41, 5.74) is 0. The summed E-state index contributed by atoms with van der Waals surface area (Å²) in [5.74, 6) is 0. The predicted octanol–water partition coefficient (Wildman–Crippen LogP) is 1.63. The molecule has 0 aliphatic carbocycles. The average Bonchev–Trinajstić information content (AvgIpc) is 2.20. The Morgan fingerprint density at radius 1 is 0.867 bits per heavy atom. The summed E-state index contributed by atoms with van der Waals surface area (Å²) >= 11 is 0. The van der Waals surface area contributed by atoms with E-state index in [1.54, 1.807) is 21.3 Å². The smallest absolute Gasteiger partial charge is 0.420 e. The van der Waals surface area contributed by atoms with Crippen molar-refractivity contribution in [2.24, 2.45) is 0 Å². The minimum Gasteiger partial charge on any atom is -0.420 e. The molecule has 0 amide bonds. The second-order valence-electron chi connectivity index (χ2n) is 4.48. The van der Waals surface area contributed by atoms with Crippen molar-refractivity contribution >= 4 is 17.0 Å². The Balaban J connectivity index is 4.43. The Morgan fingerprint density at radius 2 is 1.33 bits per heavy atom. The zero-order valence-corrected chi connectivity index (χ0v) is 13.1. The van der Waals surface area contributed by atoms with E-state index >= 15 is 0 Å². The van der Waals surface area contributed by atoms with Crippen LogP contribution in [0, 0.1) is 0 Å². The molecule has 0 aromatic heterocycles. The molecule has 0 radical (unpaired) electrons. The van der Waals surface area contributed by atoms with Crippen molar-refractivity contribution in [3.63, 3.8) is 0 Å². The molecule has 0 bridgehead atoms. The van der Waals surface area contributed by atoms with E-state index in [-0.39, 0.29) is 0 Å². The summed E-state index contributed by atoms with van der Waals surface area (Å²) < 4.78 is 18.8. The minimum atomic E-state index is -2.16. The third-order valence-electron chi connectivity index (χ3n) is 2.91. The molecule has 4 nitrogen and oxygen atoms in total. The van der Waals surface area contributed by atoms with Gasteiger partial charge in [0.1, 0.15) is 0 Å². The van der Waals surface area contributed by atoms with Gasteiger partial charge in [-0.3, -0.25) is 4.57 Å². The van der Waals surface area contributed by atoms with Crippen LogP contribution in [0.25, 0.3) is 0 Å². The first-order valence-electron chi connectivity index (χ1n) is 5.16. The van der Waals surface area contributed by atoms with Crippen molar-refractivity contribution in [1.82, 2.24) is 4.57 Å². The molecule has 92 valence electrons. The molecular formula is C9H25NO3Si2. The van der Waals surface area contributed by atoms with Gasteiger partial charge in [0.15, 0.2) is 8.32 Å². The second kappa shape index (κ2) is 6.12. The maximum Gasteiger partial charge on any atom is 0.426 e. The van der Waals surface area contributed by atoms with Gasteiger partial charge in [-0.25, -0.2) is 0 Å². The molecule has 0 aromatic carbocycles. The van der Waals surface area contributed by atoms with E-state index in [4.69, 9.17) is 13.3 Å². The summed E-state index contributed by atoms with van der Waals surface area (Å²) in [6, 6.07) is 2.02. The van der Waals surface area contributed by atoms with Gasteiger partial charge in [0.05, 0.1) is 0 Å². The van der Waals surface area contributed by atoms with Crippen LogP contribution in [0.1, 0.15) is 0 Å². The monoisotopic (exact) mass is 251 g/mol. The Morgan fingerprint density at radius 3 is 1.60 bits per heavy atom. The molecule has 0 rings (SSSR count). The number of hydrogen-bond acceptors (Lipinski definition) is 4. The Labute approximate surface area is 96.0 Å². The quantitative estimate of drug-likeness (QED) is 0.644. The van der Waals surface area contributed by atoms with E-state index in [0.717, 1.165) is 12.1 Å². The molecule has 0 unspecified atom stereocenters. The van der Waals surface area contributed by atoms with Gasteiger partial charge in [0.2, 0.25) is 0 Å². The largest absolute Gasteiger partial charge is 0.426 e. The summed E-state index contributed by atoms with van der Waals surface area (Å²) in [6.45, 7) is 4.43. The minimum absolute atomic E-state index is 0.958. The van der Waals surface area contributed by atoms with Crippen LogP contribution in [-0.2, 0) is 13.3 Å². The SMILES string of the molecule is CO[Si](C)(C)CC[Si](OC)(OC)N(C)C. The van der Waals surface area contributed by atoms with Crippen LogP contribution in [0.3, 0.4) is 0 Å². The molecular weight excluding hydrogens is 226 g/mol. The van der Waals surface area contributed by atoms with E-state index in [0.29, 0.717) is 0 Å². The van der Waals surface area contributed by atoms with Gasteiger partial charge in [-0.2, -0.15) is 0 Å². The van der Waals surface area contributed by atoms with Crippen molar-refractivity contribution < 1.29 is 13.3 Å². The average molecular weight is 251 g/mol. The highest BCUT2D eigenvalue weighted by molar-refractivity contribution is 6.74. The summed E-state index contributed by atoms with van der Waals surface area (Å²) in [7, 11) is 5.62. The number of nitrogens with zero attached hydrogens (tertiary/aromatic N) is 1. The van der Waals surface area contributed by atoms with Crippen molar-refractivity contribution in [2.45, 2.75) is 25.2 Å². The molecule has 0 atom stereocenters. The van der Waals surface area contributed by atoms with Crippen LogP contribution < -0.4 is 0 Å². The second-order valence-corrected chi connectivity index (χ2v) is 12.5. The Kier molecular flexibility index (Phi) is 6.23. The van der Waals surface area contributed by atoms with E-state index in [1.807, 2.05) is 14.1 Å². The lowest BCUT2D eigenvalue weighted by atomic mass is 10.9. The van der Waals surface area contributed by atoms with E-state index < -0.39 is 17.0 Å². The first-order chi connectivity index (χ1) is 6.83. The molecule has 0 spiro atoms. The Bertz CT molecular complexity index is 184. The molecule has 0 saturated carbocycles. The van der Waals surface area contributed by atoms with Gasteiger partial charge in [-0.05, 0) is 33.2 Å². The standard InChI is InChI=1S/C9H25NO3Si2/c1-10(2)15(12-4,13-5)9-8-14(6,7)11-3/h8-9H2,1-7H3. The van der Waals surface area contributed by atoms with Crippen molar-refractivity contribution in [1.29, 1.82) is 0 Å². The lowest BCUT2D eigenvalue weighted by Crippen LogP contribution is -2.54. The molecule has 0 saturated heterocycles. The lowest BCUT2D eigenvalue weighted by Gasteiger charge is -2.34. The van der Waals surface area contributed by atoms with Gasteiger partial charge < -0.3 is 13.3 Å². The predicted molar refractivity (Wildman–Crippen MR) is 67.6 cm³/mol. The summed E-state index contributed by atoms with van der Waals surface area (Å²) in [6.07, 6.45) is 0. The zero-order valence-electron chi connectivity index (χ0n) is 11.1. The normalized spacial score (nSPS) is 13.6. The fraction of sp³-hybridized carbons (Fsp3) is 1.00. The van der Waals surface area contributed by atoms with Gasteiger partial charge in [0, 0.05) is 27.4 Å². The van der Waals surface area contributed by atoms with Crippen LogP contribution in [0.15, 0.2) is 0 Å². The lowest BCUT2D eigenvalue weighted by molar-refractivity contribution is 0.188. The van der Waals surface area contributed by atoms with Crippen molar-refractivity contribution in [2.75, 3.05) is 35.4 Å². The highest BCUT2D eigenvalue weighted by atomic mass is 28.4. The summed E-state index contributed by atoms with van der Waals surface area (Å²) in [5, 5.41) is 0. The van der Waals surface area contributed by atoms with E-state index in [1.165, 1.54) is 0 Å². The van der Waals surface area contributed by atoms with Crippen LogP contribution in [-0.4, -0.2) is 57.0 Å². The number of hydrogen-bond donors (Lipinski definition) is 0. The highest BCUT2D eigenvalue weighted by Crippen LogP contribution is 2.22. The molecule has 6 heteroatoms. The van der Waals surface area contributed by atoms with Gasteiger partial charge >= 0.3 is 8.72 Å². The van der Waals surface area contributed by atoms with Gasteiger partial charge in [-0.1, -0.05) is 0 Å². The topological polar surface area (TPSA) is 30.9 Å². The maximum atomic E-state index is 5.60. The highest BCUT2D eigenvalue weighted by Gasteiger charge is 2.41. The van der Waals surface area contributed by atoms with Gasteiger partial charge in [0.25, 0.3) is 0 Å². The first-order valence-corrected chi connectivity index (χ1v) is 10.2. The number of rotatable bonds is 7. The third kappa shape index (κ3) is 4.33.